The van der Waals surface area contributed by atoms with E-state index in [0.717, 1.165) is 24.3 Å². The molecular weight excluding hydrogens is 474 g/mol. The number of amides is 1. The number of nitriles is 1. The van der Waals surface area contributed by atoms with Gasteiger partial charge in [-0.25, -0.2) is 0 Å². The number of hydrogen-bond donors (Lipinski definition) is 0. The molecule has 184 valence electrons. The minimum absolute atomic E-state index is 0.0929. The first-order chi connectivity index (χ1) is 17.6. The molecule has 0 saturated carbocycles. The number of nitrogens with zero attached hydrogens (tertiary/aromatic N) is 3. The number of piperazine rings is 1. The van der Waals surface area contributed by atoms with Crippen LogP contribution < -0.4 is 14.4 Å². The molecule has 1 heterocycles. The Balaban J connectivity index is 1.45. The fourth-order valence-corrected chi connectivity index (χ4v) is 4.25. The summed E-state index contributed by atoms with van der Waals surface area (Å²) in [5, 5.41) is 10.4. The fourth-order valence-electron chi connectivity index (χ4n) is 4.06. The molecule has 0 aromatic heterocycles. The lowest BCUT2D eigenvalue weighted by molar-refractivity contribution is -0.126. The lowest BCUT2D eigenvalue weighted by Crippen LogP contribution is -2.49. The van der Waals surface area contributed by atoms with Crippen molar-refractivity contribution >= 4 is 29.3 Å². The average molecular weight is 502 g/mol. The maximum Gasteiger partial charge on any atom is 0.264 e. The molecule has 4 rings (SSSR count). The second kappa shape index (κ2) is 12.1. The fraction of sp³-hybridized carbons (Fsp3) is 0.241. The number of rotatable bonds is 8. The van der Waals surface area contributed by atoms with E-state index in [0.29, 0.717) is 48.4 Å². The van der Waals surface area contributed by atoms with Crippen LogP contribution in [0.4, 0.5) is 5.69 Å². The smallest absolute Gasteiger partial charge is 0.264 e. The number of halogens is 1. The van der Waals surface area contributed by atoms with Crippen LogP contribution in [0.3, 0.4) is 0 Å². The van der Waals surface area contributed by atoms with E-state index in [1.165, 1.54) is 0 Å². The summed E-state index contributed by atoms with van der Waals surface area (Å²) < 4.78 is 11.7. The first kappa shape index (κ1) is 25.2. The van der Waals surface area contributed by atoms with Gasteiger partial charge in [-0.15, -0.1) is 0 Å². The van der Waals surface area contributed by atoms with Crippen molar-refractivity contribution in [3.63, 3.8) is 0 Å². The molecule has 0 radical (unpaired) electrons. The van der Waals surface area contributed by atoms with Gasteiger partial charge in [-0.05, 0) is 48.9 Å². The first-order valence-electron chi connectivity index (χ1n) is 11.9. The number of benzene rings is 3. The molecule has 0 N–H and O–H groups in total. The Bertz CT molecular complexity index is 1260. The van der Waals surface area contributed by atoms with Crippen LogP contribution in [0.25, 0.3) is 6.08 Å². The summed E-state index contributed by atoms with van der Waals surface area (Å²) in [4.78, 5) is 17.1. The Labute approximate surface area is 216 Å². The first-order valence-corrected chi connectivity index (χ1v) is 12.3. The molecule has 1 aliphatic heterocycles. The van der Waals surface area contributed by atoms with Crippen molar-refractivity contribution in [1.29, 1.82) is 5.26 Å². The molecule has 1 fully saturated rings. The van der Waals surface area contributed by atoms with Gasteiger partial charge in [0.15, 0.2) is 11.5 Å². The lowest BCUT2D eigenvalue weighted by Gasteiger charge is -2.36. The maximum absolute atomic E-state index is 13.1. The minimum atomic E-state index is -0.262. The van der Waals surface area contributed by atoms with Crippen molar-refractivity contribution in [1.82, 2.24) is 4.90 Å². The highest BCUT2D eigenvalue weighted by Gasteiger charge is 2.24. The molecule has 1 amide bonds. The molecule has 36 heavy (non-hydrogen) atoms. The minimum Gasteiger partial charge on any atom is -0.490 e. The number of carbonyl (C=O) groups is 1. The Morgan fingerprint density at radius 2 is 1.69 bits per heavy atom. The molecule has 3 aromatic rings. The van der Waals surface area contributed by atoms with Crippen LogP contribution in [-0.4, -0.2) is 43.6 Å². The zero-order chi connectivity index (χ0) is 25.3. The number of para-hydroxylation sites is 1. The quantitative estimate of drug-likeness (QED) is 0.298. The van der Waals surface area contributed by atoms with Gasteiger partial charge >= 0.3 is 0 Å². The number of hydrogen-bond acceptors (Lipinski definition) is 5. The SMILES string of the molecule is CCOc1cc(/C=C(/C#N)C(=O)N2CCN(c3ccccc3)CC2)ccc1OCc1ccccc1Cl. The summed E-state index contributed by atoms with van der Waals surface area (Å²) in [6.07, 6.45) is 1.60. The van der Waals surface area contributed by atoms with Gasteiger partial charge in [-0.1, -0.05) is 54.1 Å². The molecule has 0 atom stereocenters. The molecular formula is C29H28ClN3O3. The topological polar surface area (TPSA) is 65.8 Å². The van der Waals surface area contributed by atoms with Crippen molar-refractivity contribution in [2.45, 2.75) is 13.5 Å². The highest BCUT2D eigenvalue weighted by Crippen LogP contribution is 2.31. The van der Waals surface area contributed by atoms with Gasteiger partial charge in [0.25, 0.3) is 5.91 Å². The van der Waals surface area contributed by atoms with E-state index in [4.69, 9.17) is 21.1 Å². The van der Waals surface area contributed by atoms with Gasteiger partial charge in [-0.2, -0.15) is 5.26 Å². The van der Waals surface area contributed by atoms with Gasteiger partial charge in [-0.3, -0.25) is 4.79 Å². The van der Waals surface area contributed by atoms with Crippen LogP contribution in [0.5, 0.6) is 11.5 Å². The van der Waals surface area contributed by atoms with Crippen molar-refractivity contribution in [3.05, 3.63) is 94.5 Å². The second-order valence-electron chi connectivity index (χ2n) is 8.30. The zero-order valence-electron chi connectivity index (χ0n) is 20.2. The normalized spacial score (nSPS) is 13.8. The third-order valence-corrected chi connectivity index (χ3v) is 6.33. The van der Waals surface area contributed by atoms with E-state index < -0.39 is 0 Å². The standard InChI is InChI=1S/C29H28ClN3O3/c1-2-35-28-19-22(12-13-27(28)36-21-23-8-6-7-11-26(23)30)18-24(20-31)29(34)33-16-14-32(15-17-33)25-9-4-3-5-10-25/h3-13,18-19H,2,14-17,21H2,1H3/b24-18-. The van der Waals surface area contributed by atoms with E-state index in [1.54, 1.807) is 23.1 Å². The molecule has 3 aromatic carbocycles. The molecule has 0 unspecified atom stereocenters. The molecule has 1 aliphatic rings. The Morgan fingerprint density at radius 3 is 2.39 bits per heavy atom. The number of anilines is 1. The highest BCUT2D eigenvalue weighted by molar-refractivity contribution is 6.31. The number of carbonyl (C=O) groups excluding carboxylic acids is 1. The monoisotopic (exact) mass is 501 g/mol. The summed E-state index contributed by atoms with van der Waals surface area (Å²) in [6, 6.07) is 25.1. The van der Waals surface area contributed by atoms with Crippen LogP contribution in [-0.2, 0) is 11.4 Å². The summed E-state index contributed by atoms with van der Waals surface area (Å²) in [5.74, 6) is 0.845. The second-order valence-corrected chi connectivity index (χ2v) is 8.71. The van der Waals surface area contributed by atoms with Gasteiger partial charge in [0.2, 0.25) is 0 Å². The largest absolute Gasteiger partial charge is 0.490 e. The zero-order valence-corrected chi connectivity index (χ0v) is 20.9. The van der Waals surface area contributed by atoms with E-state index in [9.17, 15) is 10.1 Å². The lowest BCUT2D eigenvalue weighted by atomic mass is 10.1. The molecule has 0 aliphatic carbocycles. The van der Waals surface area contributed by atoms with E-state index in [2.05, 4.69) is 23.1 Å². The third-order valence-electron chi connectivity index (χ3n) is 5.96. The molecule has 1 saturated heterocycles. The van der Waals surface area contributed by atoms with Crippen LogP contribution in [0.2, 0.25) is 5.02 Å². The average Bonchev–Trinajstić information content (AvgIpc) is 2.92. The van der Waals surface area contributed by atoms with Crippen LogP contribution in [0, 0.1) is 11.3 Å². The van der Waals surface area contributed by atoms with Crippen LogP contribution in [0.1, 0.15) is 18.1 Å². The van der Waals surface area contributed by atoms with Crippen molar-refractivity contribution in [2.75, 3.05) is 37.7 Å². The molecule has 0 bridgehead atoms. The Hall–Kier alpha value is -3.95. The van der Waals surface area contributed by atoms with Gasteiger partial charge < -0.3 is 19.3 Å². The summed E-state index contributed by atoms with van der Waals surface area (Å²) in [5.41, 5.74) is 2.79. The predicted molar refractivity (Wildman–Crippen MR) is 142 cm³/mol. The molecule has 6 nitrogen and oxygen atoms in total. The van der Waals surface area contributed by atoms with Gasteiger partial charge in [0.05, 0.1) is 6.61 Å². The van der Waals surface area contributed by atoms with E-state index in [1.807, 2.05) is 55.5 Å². The van der Waals surface area contributed by atoms with Crippen molar-refractivity contribution < 1.29 is 14.3 Å². The third kappa shape index (κ3) is 6.18. The number of ether oxygens (including phenoxy) is 2. The summed E-state index contributed by atoms with van der Waals surface area (Å²) in [6.45, 7) is 5.20. The Morgan fingerprint density at radius 1 is 0.972 bits per heavy atom. The van der Waals surface area contributed by atoms with E-state index in [-0.39, 0.29) is 11.5 Å². The predicted octanol–water partition coefficient (Wildman–Crippen LogP) is 5.57. The molecule has 0 spiro atoms. The molecule has 7 heteroatoms. The van der Waals surface area contributed by atoms with Crippen molar-refractivity contribution in [2.24, 2.45) is 0 Å². The van der Waals surface area contributed by atoms with E-state index >= 15 is 0 Å². The van der Waals surface area contributed by atoms with Gasteiger partial charge in [0.1, 0.15) is 18.2 Å². The highest BCUT2D eigenvalue weighted by atomic mass is 35.5. The Kier molecular flexibility index (Phi) is 8.48. The van der Waals surface area contributed by atoms with Gasteiger partial charge in [0, 0.05) is 42.5 Å². The van der Waals surface area contributed by atoms with Crippen molar-refractivity contribution in [3.8, 4) is 17.6 Å². The summed E-state index contributed by atoms with van der Waals surface area (Å²) >= 11 is 6.23. The van der Waals surface area contributed by atoms with Crippen LogP contribution in [0.15, 0.2) is 78.4 Å². The summed E-state index contributed by atoms with van der Waals surface area (Å²) in [7, 11) is 0. The van der Waals surface area contributed by atoms with Crippen LogP contribution >= 0.6 is 11.6 Å². The maximum atomic E-state index is 13.1.